The summed E-state index contributed by atoms with van der Waals surface area (Å²) in [5, 5.41) is 0. The third-order valence-corrected chi connectivity index (χ3v) is 2.95. The predicted molar refractivity (Wildman–Crippen MR) is 69.2 cm³/mol. The van der Waals surface area contributed by atoms with Crippen LogP contribution in [0.5, 0.6) is 0 Å². The molecule has 2 aromatic rings. The van der Waals surface area contributed by atoms with Gasteiger partial charge >= 0.3 is 6.18 Å². The summed E-state index contributed by atoms with van der Waals surface area (Å²) in [5.41, 5.74) is 0.404. The van der Waals surface area contributed by atoms with E-state index >= 15 is 0 Å². The second kappa shape index (κ2) is 4.99. The van der Waals surface area contributed by atoms with E-state index in [1.54, 1.807) is 30.6 Å². The average molecular weight is 337 g/mol. The van der Waals surface area contributed by atoms with Crippen LogP contribution in [0.3, 0.4) is 0 Å². The zero-order valence-electron chi connectivity index (χ0n) is 10.3. The lowest BCUT2D eigenvalue weighted by atomic mass is 10.3. The lowest BCUT2D eigenvalue weighted by Crippen LogP contribution is -2.40. The van der Waals surface area contributed by atoms with E-state index in [9.17, 15) is 13.2 Å². The minimum atomic E-state index is -4.29. The highest BCUT2D eigenvalue weighted by molar-refractivity contribution is 9.10. The van der Waals surface area contributed by atoms with E-state index in [0.717, 1.165) is 0 Å². The first kappa shape index (κ1) is 14.1. The Morgan fingerprint density at radius 3 is 2.68 bits per heavy atom. The van der Waals surface area contributed by atoms with Crippen LogP contribution in [0.25, 0.3) is 5.65 Å². The molecule has 0 bridgehead atoms. The van der Waals surface area contributed by atoms with E-state index in [1.165, 1.54) is 11.1 Å². The van der Waals surface area contributed by atoms with Gasteiger partial charge in [-0.15, -0.1) is 0 Å². The van der Waals surface area contributed by atoms with Crippen LogP contribution in [-0.2, 0) is 0 Å². The molecule has 0 atom stereocenters. The van der Waals surface area contributed by atoms with Crippen molar-refractivity contribution in [1.82, 2.24) is 14.4 Å². The molecule has 0 spiro atoms. The number of aromatic nitrogens is 3. The fourth-order valence-electron chi connectivity index (χ4n) is 1.77. The van der Waals surface area contributed by atoms with Crippen LogP contribution in [0.1, 0.15) is 13.8 Å². The molecule has 0 saturated carbocycles. The molecule has 104 valence electrons. The van der Waals surface area contributed by atoms with E-state index < -0.39 is 12.7 Å². The number of nitrogens with zero attached hydrogens (tertiary/aromatic N) is 4. The van der Waals surface area contributed by atoms with Gasteiger partial charge in [-0.3, -0.25) is 0 Å². The maximum atomic E-state index is 12.7. The Balaban J connectivity index is 2.52. The molecule has 2 rings (SSSR count). The van der Waals surface area contributed by atoms with E-state index in [4.69, 9.17) is 0 Å². The molecule has 19 heavy (non-hydrogen) atoms. The number of imidazole rings is 1. The first-order valence-electron chi connectivity index (χ1n) is 5.60. The van der Waals surface area contributed by atoms with E-state index in [1.807, 2.05) is 0 Å². The number of hydrogen-bond donors (Lipinski definition) is 0. The molecule has 0 fully saturated rings. The van der Waals surface area contributed by atoms with Crippen molar-refractivity contribution in [2.24, 2.45) is 0 Å². The van der Waals surface area contributed by atoms with E-state index in [2.05, 4.69) is 25.9 Å². The summed E-state index contributed by atoms with van der Waals surface area (Å²) in [7, 11) is 0. The molecular weight excluding hydrogens is 325 g/mol. The van der Waals surface area contributed by atoms with Gasteiger partial charge in [0.25, 0.3) is 0 Å². The number of hydrogen-bond acceptors (Lipinski definition) is 3. The molecule has 0 aromatic carbocycles. The highest BCUT2D eigenvalue weighted by Crippen LogP contribution is 2.26. The zero-order chi connectivity index (χ0) is 14.2. The van der Waals surface area contributed by atoms with Gasteiger partial charge in [-0.05, 0) is 29.8 Å². The molecule has 2 aromatic heterocycles. The Kier molecular flexibility index (Phi) is 3.71. The number of fused-ring (bicyclic) bond motifs is 1. The first-order chi connectivity index (χ1) is 8.78. The summed E-state index contributed by atoms with van der Waals surface area (Å²) in [6.07, 6.45) is 0.548. The van der Waals surface area contributed by atoms with Gasteiger partial charge in [-0.2, -0.15) is 13.2 Å². The third kappa shape index (κ3) is 3.17. The van der Waals surface area contributed by atoms with Crippen LogP contribution in [0.2, 0.25) is 0 Å². The molecule has 0 aliphatic heterocycles. The summed E-state index contributed by atoms with van der Waals surface area (Å²) in [5.74, 6) is 0.215. The fraction of sp³-hybridized carbons (Fsp3) is 0.455. The molecule has 4 nitrogen and oxygen atoms in total. The number of anilines is 1. The maximum absolute atomic E-state index is 12.7. The van der Waals surface area contributed by atoms with Crippen LogP contribution in [-0.4, -0.2) is 33.1 Å². The molecule has 8 heteroatoms. The van der Waals surface area contributed by atoms with Crippen LogP contribution in [0, 0.1) is 0 Å². The van der Waals surface area contributed by atoms with Crippen molar-refractivity contribution in [3.63, 3.8) is 0 Å². The van der Waals surface area contributed by atoms with E-state index in [-0.39, 0.29) is 11.9 Å². The van der Waals surface area contributed by atoms with Crippen LogP contribution in [0.4, 0.5) is 19.0 Å². The Hall–Kier alpha value is -1.31. The lowest BCUT2D eigenvalue weighted by Gasteiger charge is -2.28. The molecular formula is C11H12BrF3N4. The minimum Gasteiger partial charge on any atom is -0.342 e. The molecule has 0 amide bonds. The number of halogens is 4. The van der Waals surface area contributed by atoms with Gasteiger partial charge < -0.3 is 9.30 Å². The minimum absolute atomic E-state index is 0.215. The molecule has 0 radical (unpaired) electrons. The summed E-state index contributed by atoms with van der Waals surface area (Å²) in [6, 6.07) is -0.344. The van der Waals surface area contributed by atoms with Crippen molar-refractivity contribution in [3.8, 4) is 0 Å². The second-order valence-electron chi connectivity index (χ2n) is 4.38. The highest BCUT2D eigenvalue weighted by atomic mass is 79.9. The van der Waals surface area contributed by atoms with Crippen molar-refractivity contribution in [1.29, 1.82) is 0 Å². The van der Waals surface area contributed by atoms with Gasteiger partial charge in [0.05, 0.1) is 0 Å². The SMILES string of the molecule is CC(C)N(CC(F)(F)F)c1nc(Br)cn2ccnc12. The van der Waals surface area contributed by atoms with Gasteiger partial charge in [-0.1, -0.05) is 0 Å². The molecule has 0 aliphatic carbocycles. The number of alkyl halides is 3. The van der Waals surface area contributed by atoms with Crippen molar-refractivity contribution < 1.29 is 13.2 Å². The smallest absolute Gasteiger partial charge is 0.342 e. The maximum Gasteiger partial charge on any atom is 0.405 e. The highest BCUT2D eigenvalue weighted by Gasteiger charge is 2.33. The Morgan fingerprint density at radius 1 is 1.42 bits per heavy atom. The van der Waals surface area contributed by atoms with Crippen molar-refractivity contribution >= 4 is 27.4 Å². The van der Waals surface area contributed by atoms with Crippen molar-refractivity contribution in [2.45, 2.75) is 26.1 Å². The monoisotopic (exact) mass is 336 g/mol. The zero-order valence-corrected chi connectivity index (χ0v) is 11.9. The largest absolute Gasteiger partial charge is 0.405 e. The van der Waals surface area contributed by atoms with Gasteiger partial charge in [0.2, 0.25) is 0 Å². The predicted octanol–water partition coefficient (Wildman–Crippen LogP) is 3.27. The van der Waals surface area contributed by atoms with Crippen molar-refractivity contribution in [3.05, 3.63) is 23.2 Å². The average Bonchev–Trinajstić information content (AvgIpc) is 2.71. The van der Waals surface area contributed by atoms with Crippen LogP contribution < -0.4 is 4.90 Å². The second-order valence-corrected chi connectivity index (χ2v) is 5.19. The first-order valence-corrected chi connectivity index (χ1v) is 6.40. The van der Waals surface area contributed by atoms with Gasteiger partial charge in [0.1, 0.15) is 11.1 Å². The quantitative estimate of drug-likeness (QED) is 0.862. The topological polar surface area (TPSA) is 33.4 Å². The van der Waals surface area contributed by atoms with Crippen LogP contribution in [0.15, 0.2) is 23.2 Å². The molecule has 2 heterocycles. The fourth-order valence-corrected chi connectivity index (χ4v) is 2.16. The molecule has 0 saturated heterocycles. The number of rotatable bonds is 3. The Morgan fingerprint density at radius 2 is 2.11 bits per heavy atom. The Labute approximate surface area is 116 Å². The normalized spacial score (nSPS) is 12.4. The Bertz CT molecular complexity index is 579. The summed E-state index contributed by atoms with van der Waals surface area (Å²) in [4.78, 5) is 9.39. The standard InChI is InChI=1S/C11H12BrF3N4/c1-7(2)19(6-11(13,14)15)10-9-16-3-4-18(9)5-8(12)17-10/h3-5,7H,6H2,1-2H3. The lowest BCUT2D eigenvalue weighted by molar-refractivity contribution is -0.120. The summed E-state index contributed by atoms with van der Waals surface area (Å²) >= 11 is 3.20. The van der Waals surface area contributed by atoms with Gasteiger partial charge in [0.15, 0.2) is 11.5 Å². The third-order valence-electron chi connectivity index (χ3n) is 2.57. The summed E-state index contributed by atoms with van der Waals surface area (Å²) in [6.45, 7) is 2.32. The molecule has 0 aliphatic rings. The van der Waals surface area contributed by atoms with Gasteiger partial charge in [0, 0.05) is 24.6 Å². The van der Waals surface area contributed by atoms with Crippen molar-refractivity contribution in [2.75, 3.05) is 11.4 Å². The molecule has 0 unspecified atom stereocenters. The summed E-state index contributed by atoms with van der Waals surface area (Å²) < 4.78 is 40.1. The van der Waals surface area contributed by atoms with Gasteiger partial charge in [-0.25, -0.2) is 9.97 Å². The van der Waals surface area contributed by atoms with E-state index in [0.29, 0.717) is 10.3 Å². The molecule has 0 N–H and O–H groups in total. The van der Waals surface area contributed by atoms with Crippen LogP contribution >= 0.6 is 15.9 Å².